The fraction of sp³-hybridized carbons (Fsp3) is 0.316. The Kier molecular flexibility index (Phi) is 6.94. The molecule has 1 N–H and O–H groups in total. The van der Waals surface area contributed by atoms with Gasteiger partial charge in [-0.3, -0.25) is 4.79 Å². The molecule has 0 aliphatic rings. The van der Waals surface area contributed by atoms with Crippen molar-refractivity contribution < 1.29 is 14.3 Å². The Morgan fingerprint density at radius 1 is 1.17 bits per heavy atom. The number of amides is 1. The zero-order valence-corrected chi connectivity index (χ0v) is 14.7. The number of anilines is 1. The van der Waals surface area contributed by atoms with Gasteiger partial charge in [0.25, 0.3) is 5.91 Å². The number of hydrogen-bond donors (Lipinski definition) is 1. The van der Waals surface area contributed by atoms with Gasteiger partial charge in [0.05, 0.1) is 6.61 Å². The molecule has 0 unspecified atom stereocenters. The molecule has 0 aliphatic carbocycles. The van der Waals surface area contributed by atoms with Crippen LogP contribution in [-0.2, 0) is 4.79 Å². The van der Waals surface area contributed by atoms with Crippen LogP contribution in [0.4, 0.5) is 5.69 Å². The summed E-state index contributed by atoms with van der Waals surface area (Å²) in [6.07, 6.45) is 2.09. The van der Waals surface area contributed by atoms with Crippen molar-refractivity contribution in [2.45, 2.75) is 26.7 Å². The Morgan fingerprint density at radius 2 is 2.00 bits per heavy atom. The van der Waals surface area contributed by atoms with Gasteiger partial charge in [-0.1, -0.05) is 31.0 Å². The van der Waals surface area contributed by atoms with Gasteiger partial charge in [-0.05, 0) is 49.2 Å². The van der Waals surface area contributed by atoms with E-state index in [-0.39, 0.29) is 12.5 Å². The topological polar surface area (TPSA) is 47.6 Å². The molecule has 2 aromatic rings. The van der Waals surface area contributed by atoms with Crippen LogP contribution in [0, 0.1) is 6.92 Å². The average molecular weight is 348 g/mol. The minimum Gasteiger partial charge on any atom is -0.494 e. The summed E-state index contributed by atoms with van der Waals surface area (Å²) in [7, 11) is 0. The molecule has 5 heteroatoms. The van der Waals surface area contributed by atoms with Gasteiger partial charge in [-0.2, -0.15) is 0 Å². The summed E-state index contributed by atoms with van der Waals surface area (Å²) in [6, 6.07) is 12.6. The summed E-state index contributed by atoms with van der Waals surface area (Å²) in [6.45, 7) is 4.61. The second-order valence-electron chi connectivity index (χ2n) is 5.48. The third-order valence-corrected chi connectivity index (χ3v) is 3.62. The third-order valence-electron chi connectivity index (χ3n) is 3.38. The molecule has 0 atom stereocenters. The summed E-state index contributed by atoms with van der Waals surface area (Å²) >= 11 is 5.90. The van der Waals surface area contributed by atoms with E-state index in [9.17, 15) is 4.79 Å². The Balaban J connectivity index is 1.86. The summed E-state index contributed by atoms with van der Waals surface area (Å²) < 4.78 is 11.2. The molecule has 0 saturated heterocycles. The molecule has 0 heterocycles. The van der Waals surface area contributed by atoms with Crippen LogP contribution < -0.4 is 14.8 Å². The lowest BCUT2D eigenvalue weighted by molar-refractivity contribution is -0.118. The van der Waals surface area contributed by atoms with Gasteiger partial charge in [-0.25, -0.2) is 0 Å². The maximum atomic E-state index is 12.0. The SMILES string of the molecule is CCCCOc1cccc(NC(=O)COc2ccc(Cl)cc2C)c1. The van der Waals surface area contributed by atoms with E-state index in [1.54, 1.807) is 24.3 Å². The zero-order chi connectivity index (χ0) is 17.4. The maximum Gasteiger partial charge on any atom is 0.262 e. The Bertz CT molecular complexity index is 688. The van der Waals surface area contributed by atoms with E-state index in [0.29, 0.717) is 23.1 Å². The smallest absolute Gasteiger partial charge is 0.262 e. The summed E-state index contributed by atoms with van der Waals surface area (Å²) in [5.74, 6) is 1.16. The van der Waals surface area contributed by atoms with Crippen LogP contribution in [0.5, 0.6) is 11.5 Å². The van der Waals surface area contributed by atoms with Crippen molar-refractivity contribution in [2.24, 2.45) is 0 Å². The molecule has 2 aromatic carbocycles. The van der Waals surface area contributed by atoms with E-state index in [0.717, 1.165) is 24.2 Å². The number of halogens is 1. The second-order valence-corrected chi connectivity index (χ2v) is 5.91. The average Bonchev–Trinajstić information content (AvgIpc) is 2.55. The number of benzene rings is 2. The van der Waals surface area contributed by atoms with Crippen LogP contribution in [-0.4, -0.2) is 19.1 Å². The molecular weight excluding hydrogens is 326 g/mol. The number of unbranched alkanes of at least 4 members (excludes halogenated alkanes) is 1. The Morgan fingerprint density at radius 3 is 2.75 bits per heavy atom. The van der Waals surface area contributed by atoms with Crippen molar-refractivity contribution in [1.29, 1.82) is 0 Å². The highest BCUT2D eigenvalue weighted by molar-refractivity contribution is 6.30. The molecule has 0 fully saturated rings. The monoisotopic (exact) mass is 347 g/mol. The van der Waals surface area contributed by atoms with Crippen molar-refractivity contribution in [3.05, 3.63) is 53.1 Å². The quantitative estimate of drug-likeness (QED) is 0.695. The number of ether oxygens (including phenoxy) is 2. The number of carbonyl (C=O) groups excluding carboxylic acids is 1. The van der Waals surface area contributed by atoms with Gasteiger partial charge in [0, 0.05) is 16.8 Å². The molecule has 0 bridgehead atoms. The first-order valence-electron chi connectivity index (χ1n) is 8.00. The highest BCUT2D eigenvalue weighted by Crippen LogP contribution is 2.22. The third kappa shape index (κ3) is 5.78. The van der Waals surface area contributed by atoms with Crippen LogP contribution in [0.15, 0.2) is 42.5 Å². The van der Waals surface area contributed by atoms with Gasteiger partial charge in [0.1, 0.15) is 11.5 Å². The van der Waals surface area contributed by atoms with Crippen LogP contribution >= 0.6 is 11.6 Å². The molecule has 0 spiro atoms. The molecule has 0 aliphatic heterocycles. The fourth-order valence-electron chi connectivity index (χ4n) is 2.11. The predicted octanol–water partition coefficient (Wildman–Crippen LogP) is 4.84. The number of aryl methyl sites for hydroxylation is 1. The van der Waals surface area contributed by atoms with Crippen molar-refractivity contribution in [3.63, 3.8) is 0 Å². The zero-order valence-electron chi connectivity index (χ0n) is 14.0. The van der Waals surface area contributed by atoms with E-state index in [2.05, 4.69) is 12.2 Å². The molecule has 0 aromatic heterocycles. The second kappa shape index (κ2) is 9.18. The number of nitrogens with one attached hydrogen (secondary N) is 1. The highest BCUT2D eigenvalue weighted by atomic mass is 35.5. The van der Waals surface area contributed by atoms with Gasteiger partial charge >= 0.3 is 0 Å². The lowest BCUT2D eigenvalue weighted by Gasteiger charge is -2.11. The number of carbonyl (C=O) groups is 1. The van der Waals surface area contributed by atoms with E-state index in [4.69, 9.17) is 21.1 Å². The van der Waals surface area contributed by atoms with E-state index < -0.39 is 0 Å². The van der Waals surface area contributed by atoms with Gasteiger partial charge in [0.2, 0.25) is 0 Å². The predicted molar refractivity (Wildman–Crippen MR) is 97.2 cm³/mol. The van der Waals surface area contributed by atoms with E-state index in [1.807, 2.05) is 25.1 Å². The van der Waals surface area contributed by atoms with Crippen molar-refractivity contribution in [1.82, 2.24) is 0 Å². The van der Waals surface area contributed by atoms with Crippen LogP contribution in [0.25, 0.3) is 0 Å². The molecule has 4 nitrogen and oxygen atoms in total. The Labute approximate surface area is 147 Å². The van der Waals surface area contributed by atoms with Gasteiger partial charge in [-0.15, -0.1) is 0 Å². The van der Waals surface area contributed by atoms with Crippen molar-refractivity contribution in [2.75, 3.05) is 18.5 Å². The molecule has 0 saturated carbocycles. The minimum atomic E-state index is -0.227. The van der Waals surface area contributed by atoms with Crippen LogP contribution in [0.1, 0.15) is 25.3 Å². The fourth-order valence-corrected chi connectivity index (χ4v) is 2.34. The lowest BCUT2D eigenvalue weighted by Crippen LogP contribution is -2.20. The summed E-state index contributed by atoms with van der Waals surface area (Å²) in [5, 5.41) is 3.45. The lowest BCUT2D eigenvalue weighted by atomic mass is 10.2. The number of rotatable bonds is 8. The van der Waals surface area contributed by atoms with E-state index >= 15 is 0 Å². The van der Waals surface area contributed by atoms with Gasteiger partial charge < -0.3 is 14.8 Å². The summed E-state index contributed by atoms with van der Waals surface area (Å²) in [5.41, 5.74) is 1.58. The molecule has 128 valence electrons. The minimum absolute atomic E-state index is 0.0661. The van der Waals surface area contributed by atoms with E-state index in [1.165, 1.54) is 0 Å². The first-order chi connectivity index (χ1) is 11.6. The first-order valence-corrected chi connectivity index (χ1v) is 8.38. The van der Waals surface area contributed by atoms with Crippen molar-refractivity contribution in [3.8, 4) is 11.5 Å². The van der Waals surface area contributed by atoms with Gasteiger partial charge in [0.15, 0.2) is 6.61 Å². The highest BCUT2D eigenvalue weighted by Gasteiger charge is 2.07. The Hall–Kier alpha value is -2.20. The largest absolute Gasteiger partial charge is 0.494 e. The molecule has 24 heavy (non-hydrogen) atoms. The molecule has 2 rings (SSSR count). The standard InChI is InChI=1S/C19H22ClNO3/c1-3-4-10-23-17-7-5-6-16(12-17)21-19(22)13-24-18-9-8-15(20)11-14(18)2/h5-9,11-12H,3-4,10,13H2,1-2H3,(H,21,22). The summed E-state index contributed by atoms with van der Waals surface area (Å²) in [4.78, 5) is 12.0. The van der Waals surface area contributed by atoms with Crippen LogP contribution in [0.2, 0.25) is 5.02 Å². The molecular formula is C19H22ClNO3. The number of hydrogen-bond acceptors (Lipinski definition) is 3. The first kappa shape index (κ1) is 18.1. The van der Waals surface area contributed by atoms with Crippen molar-refractivity contribution >= 4 is 23.2 Å². The van der Waals surface area contributed by atoms with Crippen LogP contribution in [0.3, 0.4) is 0 Å². The normalized spacial score (nSPS) is 10.3. The maximum absolute atomic E-state index is 12.0. The molecule has 1 amide bonds. The molecule has 0 radical (unpaired) electrons.